The average Bonchev–Trinajstić information content (AvgIpc) is 2.34. The molecule has 0 spiro atoms. The summed E-state index contributed by atoms with van der Waals surface area (Å²) in [7, 11) is 1.62. The first-order chi connectivity index (χ1) is 8.39. The van der Waals surface area contributed by atoms with Crippen LogP contribution in [-0.4, -0.2) is 37.1 Å². The van der Waals surface area contributed by atoms with Crippen LogP contribution in [0.3, 0.4) is 0 Å². The highest BCUT2D eigenvalue weighted by Gasteiger charge is 2.33. The number of benzene rings is 1. The number of hydrogen-bond acceptors (Lipinski definition) is 2. The Kier molecular flexibility index (Phi) is 4.58. The van der Waals surface area contributed by atoms with Gasteiger partial charge < -0.3 is 10.2 Å². The van der Waals surface area contributed by atoms with Crippen molar-refractivity contribution in [2.24, 2.45) is 0 Å². The molecule has 0 aliphatic carbocycles. The molecule has 0 saturated heterocycles. The van der Waals surface area contributed by atoms with Crippen LogP contribution in [0, 0.1) is 0 Å². The van der Waals surface area contributed by atoms with Gasteiger partial charge in [-0.1, -0.05) is 12.1 Å². The van der Waals surface area contributed by atoms with Gasteiger partial charge in [0.2, 0.25) is 0 Å². The van der Waals surface area contributed by atoms with Crippen LogP contribution >= 0.6 is 0 Å². The summed E-state index contributed by atoms with van der Waals surface area (Å²) >= 11 is 0. The molecule has 0 aromatic heterocycles. The Morgan fingerprint density at radius 2 is 1.94 bits per heavy atom. The zero-order valence-corrected chi connectivity index (χ0v) is 10.2. The van der Waals surface area contributed by atoms with Gasteiger partial charge in [-0.05, 0) is 19.1 Å². The van der Waals surface area contributed by atoms with E-state index in [0.717, 1.165) is 4.90 Å². The Balaban J connectivity index is 2.97. The Hall–Kier alpha value is -1.72. The van der Waals surface area contributed by atoms with E-state index < -0.39 is 18.6 Å². The van der Waals surface area contributed by atoms with Crippen molar-refractivity contribution < 1.29 is 18.0 Å². The van der Waals surface area contributed by atoms with Crippen LogP contribution in [0.15, 0.2) is 24.3 Å². The standard InChI is InChI=1S/C12H15F3N2O/c1-3-17(8-12(13,14)15)11(18)9-6-4-5-7-10(9)16-2/h4-7,16H,3,8H2,1-2H3. The number of halogens is 3. The summed E-state index contributed by atoms with van der Waals surface area (Å²) in [5.74, 6) is -0.625. The summed E-state index contributed by atoms with van der Waals surface area (Å²) in [6.07, 6.45) is -4.39. The molecule has 1 aromatic rings. The molecule has 0 heterocycles. The smallest absolute Gasteiger partial charge is 0.387 e. The Labute approximate surface area is 104 Å². The van der Waals surface area contributed by atoms with Crippen molar-refractivity contribution in [3.8, 4) is 0 Å². The van der Waals surface area contributed by atoms with E-state index in [-0.39, 0.29) is 12.1 Å². The van der Waals surface area contributed by atoms with Gasteiger partial charge in [-0.15, -0.1) is 0 Å². The second kappa shape index (κ2) is 5.75. The fourth-order valence-electron chi connectivity index (χ4n) is 1.60. The van der Waals surface area contributed by atoms with Crippen molar-refractivity contribution in [3.05, 3.63) is 29.8 Å². The van der Waals surface area contributed by atoms with Crippen LogP contribution in [0.2, 0.25) is 0 Å². The lowest BCUT2D eigenvalue weighted by Gasteiger charge is -2.23. The van der Waals surface area contributed by atoms with Crippen molar-refractivity contribution in [3.63, 3.8) is 0 Å². The van der Waals surface area contributed by atoms with Gasteiger partial charge in [0.25, 0.3) is 5.91 Å². The highest BCUT2D eigenvalue weighted by molar-refractivity contribution is 5.99. The first-order valence-corrected chi connectivity index (χ1v) is 5.52. The lowest BCUT2D eigenvalue weighted by atomic mass is 10.1. The fourth-order valence-corrected chi connectivity index (χ4v) is 1.60. The molecule has 1 N–H and O–H groups in total. The van der Waals surface area contributed by atoms with Crippen molar-refractivity contribution >= 4 is 11.6 Å². The third-order valence-corrected chi connectivity index (χ3v) is 2.47. The minimum absolute atomic E-state index is 0.0103. The Bertz CT molecular complexity index is 418. The van der Waals surface area contributed by atoms with E-state index in [0.29, 0.717) is 5.69 Å². The van der Waals surface area contributed by atoms with Crippen LogP contribution in [0.25, 0.3) is 0 Å². The number of nitrogens with one attached hydrogen (secondary N) is 1. The maximum absolute atomic E-state index is 12.3. The molecule has 0 unspecified atom stereocenters. The van der Waals surface area contributed by atoms with Gasteiger partial charge in [0.15, 0.2) is 0 Å². The summed E-state index contributed by atoms with van der Waals surface area (Å²) < 4.78 is 37.0. The molecule has 1 aromatic carbocycles. The molecule has 0 aliphatic rings. The van der Waals surface area contributed by atoms with Gasteiger partial charge in [0.1, 0.15) is 6.54 Å². The third-order valence-electron chi connectivity index (χ3n) is 2.47. The monoisotopic (exact) mass is 260 g/mol. The van der Waals surface area contributed by atoms with Gasteiger partial charge >= 0.3 is 6.18 Å². The molecule has 0 fully saturated rings. The molecular formula is C12H15F3N2O. The van der Waals surface area contributed by atoms with Crippen LogP contribution < -0.4 is 5.32 Å². The lowest BCUT2D eigenvalue weighted by molar-refractivity contribution is -0.140. The number of alkyl halides is 3. The number of amides is 1. The highest BCUT2D eigenvalue weighted by atomic mass is 19.4. The second-order valence-electron chi connectivity index (χ2n) is 3.73. The van der Waals surface area contributed by atoms with E-state index in [2.05, 4.69) is 5.32 Å². The topological polar surface area (TPSA) is 32.3 Å². The lowest BCUT2D eigenvalue weighted by Crippen LogP contribution is -2.39. The predicted molar refractivity (Wildman–Crippen MR) is 63.6 cm³/mol. The fraction of sp³-hybridized carbons (Fsp3) is 0.417. The summed E-state index contributed by atoms with van der Waals surface area (Å²) in [6, 6.07) is 6.49. The van der Waals surface area contributed by atoms with E-state index >= 15 is 0 Å². The third kappa shape index (κ3) is 3.65. The largest absolute Gasteiger partial charge is 0.406 e. The molecule has 1 rings (SSSR count). The Morgan fingerprint density at radius 1 is 1.33 bits per heavy atom. The summed E-state index contributed by atoms with van der Waals surface area (Å²) in [6.45, 7) is 0.294. The normalized spacial score (nSPS) is 11.2. The second-order valence-corrected chi connectivity index (χ2v) is 3.73. The van der Waals surface area contributed by atoms with Crippen LogP contribution in [-0.2, 0) is 0 Å². The molecule has 100 valence electrons. The summed E-state index contributed by atoms with van der Waals surface area (Å²) in [5.41, 5.74) is 0.759. The molecule has 0 aliphatic heterocycles. The van der Waals surface area contributed by atoms with Crippen molar-refractivity contribution in [1.82, 2.24) is 4.90 Å². The number of hydrogen-bond donors (Lipinski definition) is 1. The zero-order valence-electron chi connectivity index (χ0n) is 10.2. The first kappa shape index (κ1) is 14.3. The molecule has 0 saturated carbocycles. The highest BCUT2D eigenvalue weighted by Crippen LogP contribution is 2.21. The van der Waals surface area contributed by atoms with Gasteiger partial charge in [-0.25, -0.2) is 0 Å². The molecule has 3 nitrogen and oxygen atoms in total. The maximum Gasteiger partial charge on any atom is 0.406 e. The van der Waals surface area contributed by atoms with E-state index in [9.17, 15) is 18.0 Å². The summed E-state index contributed by atoms with van der Waals surface area (Å²) in [4.78, 5) is 12.8. The number of nitrogens with zero attached hydrogens (tertiary/aromatic N) is 1. The van der Waals surface area contributed by atoms with Crippen molar-refractivity contribution in [2.45, 2.75) is 13.1 Å². The Morgan fingerprint density at radius 3 is 2.44 bits per heavy atom. The molecule has 1 amide bonds. The van der Waals surface area contributed by atoms with Gasteiger partial charge in [-0.2, -0.15) is 13.2 Å². The molecule has 18 heavy (non-hydrogen) atoms. The van der Waals surface area contributed by atoms with Crippen LogP contribution in [0.1, 0.15) is 17.3 Å². The number of carbonyl (C=O) groups excluding carboxylic acids is 1. The van der Waals surface area contributed by atoms with Crippen molar-refractivity contribution in [2.75, 3.05) is 25.5 Å². The van der Waals surface area contributed by atoms with E-state index in [1.165, 1.54) is 13.0 Å². The minimum atomic E-state index is -4.39. The predicted octanol–water partition coefficient (Wildman–Crippen LogP) is 2.75. The average molecular weight is 260 g/mol. The van der Waals surface area contributed by atoms with E-state index in [1.54, 1.807) is 25.2 Å². The van der Waals surface area contributed by atoms with Crippen LogP contribution in [0.4, 0.5) is 18.9 Å². The molecule has 0 atom stereocenters. The molecule has 0 radical (unpaired) electrons. The number of carbonyl (C=O) groups is 1. The number of para-hydroxylation sites is 1. The van der Waals surface area contributed by atoms with E-state index in [4.69, 9.17) is 0 Å². The summed E-state index contributed by atoms with van der Waals surface area (Å²) in [5, 5.41) is 2.79. The molecule has 6 heteroatoms. The van der Waals surface area contributed by atoms with E-state index in [1.807, 2.05) is 0 Å². The van der Waals surface area contributed by atoms with Gasteiger partial charge in [-0.3, -0.25) is 4.79 Å². The van der Waals surface area contributed by atoms with Gasteiger partial charge in [0, 0.05) is 19.3 Å². The number of anilines is 1. The quantitative estimate of drug-likeness (QED) is 0.902. The van der Waals surface area contributed by atoms with Crippen LogP contribution in [0.5, 0.6) is 0 Å². The minimum Gasteiger partial charge on any atom is -0.387 e. The molecular weight excluding hydrogens is 245 g/mol. The number of rotatable bonds is 4. The zero-order chi connectivity index (χ0) is 13.8. The van der Waals surface area contributed by atoms with Crippen molar-refractivity contribution in [1.29, 1.82) is 0 Å². The maximum atomic E-state index is 12.3. The SMILES string of the molecule is CCN(CC(F)(F)F)C(=O)c1ccccc1NC. The molecule has 0 bridgehead atoms. The van der Waals surface area contributed by atoms with Gasteiger partial charge in [0.05, 0.1) is 5.56 Å². The first-order valence-electron chi connectivity index (χ1n) is 5.52.